The van der Waals surface area contributed by atoms with E-state index in [0.717, 1.165) is 16.8 Å². The maximum absolute atomic E-state index is 13.5. The zero-order valence-electron chi connectivity index (χ0n) is 19.1. The van der Waals surface area contributed by atoms with Crippen molar-refractivity contribution in [2.45, 2.75) is 31.6 Å². The van der Waals surface area contributed by atoms with Gasteiger partial charge in [-0.15, -0.1) is 0 Å². The number of methoxy groups -OCH3 is 3. The number of esters is 1. The molecule has 0 spiro atoms. The summed E-state index contributed by atoms with van der Waals surface area (Å²) in [4.78, 5) is 26.2. The number of carbonyl (C=O) groups excluding carboxylic acids is 2. The highest BCUT2D eigenvalue weighted by molar-refractivity contribution is 6.04. The topological polar surface area (TPSA) is 94.1 Å². The van der Waals surface area contributed by atoms with Crippen molar-refractivity contribution >= 4 is 11.8 Å². The molecule has 2 aromatic carbocycles. The van der Waals surface area contributed by atoms with E-state index in [1.165, 1.54) is 7.11 Å². The lowest BCUT2D eigenvalue weighted by Crippen LogP contribution is -2.36. The molecule has 0 radical (unpaired) electrons. The molecule has 7 nitrogen and oxygen atoms in total. The molecule has 0 unspecified atom stereocenters. The first-order valence-corrected chi connectivity index (χ1v) is 10.7. The first-order chi connectivity index (χ1) is 15.9. The van der Waals surface area contributed by atoms with Crippen molar-refractivity contribution in [2.24, 2.45) is 0 Å². The second-order valence-corrected chi connectivity index (χ2v) is 8.21. The van der Waals surface area contributed by atoms with Crippen LogP contribution < -0.4 is 14.8 Å². The molecule has 0 saturated carbocycles. The van der Waals surface area contributed by atoms with Crippen molar-refractivity contribution in [2.75, 3.05) is 21.3 Å². The molecular weight excluding hydrogens is 422 g/mol. The van der Waals surface area contributed by atoms with Crippen LogP contribution in [0, 0.1) is 0 Å². The number of benzene rings is 2. The Morgan fingerprint density at radius 2 is 1.64 bits per heavy atom. The predicted molar refractivity (Wildman–Crippen MR) is 122 cm³/mol. The maximum atomic E-state index is 13.5. The third kappa shape index (κ3) is 4.06. The number of phenolic OH excluding ortho intramolecular Hbond substituents is 1. The summed E-state index contributed by atoms with van der Waals surface area (Å²) in [6.45, 7) is 1.81. The SMILES string of the molecule is COC(=O)C1=C(C)NC2=C(C(=O)C[C@@H](c3ccc(OC)c(OC)c3)C2)[C@@H]1c1ccc(O)cc1. The van der Waals surface area contributed by atoms with Crippen molar-refractivity contribution in [1.82, 2.24) is 5.32 Å². The van der Waals surface area contributed by atoms with Crippen molar-refractivity contribution in [3.8, 4) is 17.2 Å². The van der Waals surface area contributed by atoms with Crippen LogP contribution in [0.5, 0.6) is 17.2 Å². The number of Topliss-reactive ketones (excluding diaryl/α,β-unsaturated/α-hetero) is 1. The van der Waals surface area contributed by atoms with Gasteiger partial charge >= 0.3 is 5.97 Å². The minimum Gasteiger partial charge on any atom is -0.508 e. The first kappa shape index (κ1) is 22.5. The number of aromatic hydroxyl groups is 1. The number of dihydropyridines is 1. The zero-order chi connectivity index (χ0) is 23.7. The fourth-order valence-electron chi connectivity index (χ4n) is 4.76. The van der Waals surface area contributed by atoms with E-state index in [4.69, 9.17) is 14.2 Å². The largest absolute Gasteiger partial charge is 0.508 e. The molecule has 7 heteroatoms. The predicted octanol–water partition coefficient (Wildman–Crippen LogP) is 3.94. The van der Waals surface area contributed by atoms with Crippen LogP contribution in [0.2, 0.25) is 0 Å². The minimum absolute atomic E-state index is 0.0319. The number of phenols is 1. The summed E-state index contributed by atoms with van der Waals surface area (Å²) < 4.78 is 15.8. The van der Waals surface area contributed by atoms with Gasteiger partial charge in [-0.25, -0.2) is 4.79 Å². The van der Waals surface area contributed by atoms with E-state index in [1.54, 1.807) is 38.5 Å². The first-order valence-electron chi connectivity index (χ1n) is 10.7. The van der Waals surface area contributed by atoms with Crippen molar-refractivity contribution < 1.29 is 28.9 Å². The molecular formula is C26H27NO6. The van der Waals surface area contributed by atoms with E-state index in [1.807, 2.05) is 25.1 Å². The molecule has 1 heterocycles. The standard InChI is InChI=1S/C26H27NO6/c1-14-23(26(30)33-4)24(15-5-8-18(28)9-6-15)25-19(27-14)11-17(12-20(25)29)16-7-10-21(31-2)22(13-16)32-3/h5-10,13,17,24,27-28H,11-12H2,1-4H3/t17-,24+/m0/s1. The van der Waals surface area contributed by atoms with Crippen LogP contribution in [0.1, 0.15) is 42.7 Å². The Morgan fingerprint density at radius 1 is 0.970 bits per heavy atom. The van der Waals surface area contributed by atoms with Crippen LogP contribution in [-0.4, -0.2) is 38.2 Å². The van der Waals surface area contributed by atoms with Crippen LogP contribution in [0.4, 0.5) is 0 Å². The Labute approximate surface area is 192 Å². The number of carbonyl (C=O) groups is 2. The Kier molecular flexibility index (Phi) is 6.14. The van der Waals surface area contributed by atoms with Gasteiger partial charge in [0.15, 0.2) is 17.3 Å². The summed E-state index contributed by atoms with van der Waals surface area (Å²) in [5.41, 5.74) is 4.16. The summed E-state index contributed by atoms with van der Waals surface area (Å²) in [5.74, 6) is 0.239. The van der Waals surface area contributed by atoms with E-state index >= 15 is 0 Å². The Balaban J connectivity index is 1.77. The Bertz CT molecular complexity index is 1160. The van der Waals surface area contributed by atoms with Crippen LogP contribution in [-0.2, 0) is 14.3 Å². The highest BCUT2D eigenvalue weighted by Gasteiger charge is 2.41. The Morgan fingerprint density at radius 3 is 2.27 bits per heavy atom. The van der Waals surface area contributed by atoms with Crippen LogP contribution in [0.15, 0.2) is 65.0 Å². The third-order valence-electron chi connectivity index (χ3n) is 6.34. The molecule has 2 N–H and O–H groups in total. The van der Waals surface area contributed by atoms with Gasteiger partial charge in [0.2, 0.25) is 0 Å². The second kappa shape index (κ2) is 9.02. The van der Waals surface area contributed by atoms with Crippen LogP contribution in [0.3, 0.4) is 0 Å². The number of hydrogen-bond donors (Lipinski definition) is 2. The van der Waals surface area contributed by atoms with E-state index in [9.17, 15) is 14.7 Å². The van der Waals surface area contributed by atoms with Gasteiger partial charge in [-0.2, -0.15) is 0 Å². The molecule has 2 atom stereocenters. The molecule has 4 rings (SSSR count). The van der Waals surface area contributed by atoms with Crippen LogP contribution >= 0.6 is 0 Å². The smallest absolute Gasteiger partial charge is 0.336 e. The third-order valence-corrected chi connectivity index (χ3v) is 6.34. The molecule has 0 fully saturated rings. The number of rotatable bonds is 5. The normalized spacial score (nSPS) is 20.2. The van der Waals surface area contributed by atoms with Gasteiger partial charge in [0.05, 0.1) is 26.9 Å². The summed E-state index contributed by atoms with van der Waals surface area (Å²) in [5, 5.41) is 13.0. The fraction of sp³-hybridized carbons (Fsp3) is 0.308. The van der Waals surface area contributed by atoms with Gasteiger partial charge in [0.25, 0.3) is 0 Å². The summed E-state index contributed by atoms with van der Waals surface area (Å²) in [6, 6.07) is 12.3. The Hall–Kier alpha value is -3.74. The molecule has 0 saturated heterocycles. The molecule has 1 aliphatic carbocycles. The van der Waals surface area contributed by atoms with Crippen molar-refractivity contribution in [3.05, 3.63) is 76.1 Å². The molecule has 172 valence electrons. The molecule has 0 amide bonds. The van der Waals surface area contributed by atoms with E-state index in [-0.39, 0.29) is 17.5 Å². The number of ether oxygens (including phenoxy) is 3. The average molecular weight is 450 g/mol. The number of nitrogens with one attached hydrogen (secondary N) is 1. The van der Waals surface area contributed by atoms with Crippen molar-refractivity contribution in [3.63, 3.8) is 0 Å². The summed E-state index contributed by atoms with van der Waals surface area (Å²) >= 11 is 0. The number of hydrogen-bond acceptors (Lipinski definition) is 7. The highest BCUT2D eigenvalue weighted by Crippen LogP contribution is 2.46. The van der Waals surface area contributed by atoms with Gasteiger partial charge in [-0.1, -0.05) is 18.2 Å². The van der Waals surface area contributed by atoms with Gasteiger partial charge in [0.1, 0.15) is 5.75 Å². The lowest BCUT2D eigenvalue weighted by molar-refractivity contribution is -0.136. The number of allylic oxidation sites excluding steroid dienone is 3. The van der Waals surface area contributed by atoms with Crippen LogP contribution in [0.25, 0.3) is 0 Å². The quantitative estimate of drug-likeness (QED) is 0.668. The van der Waals surface area contributed by atoms with E-state index in [0.29, 0.717) is 41.2 Å². The minimum atomic E-state index is -0.562. The van der Waals surface area contributed by atoms with Gasteiger partial charge in [-0.05, 0) is 54.7 Å². The number of ketones is 1. The second-order valence-electron chi connectivity index (χ2n) is 8.21. The molecule has 33 heavy (non-hydrogen) atoms. The summed E-state index contributed by atoms with van der Waals surface area (Å²) in [6.07, 6.45) is 0.912. The molecule has 0 aromatic heterocycles. The molecule has 2 aliphatic rings. The van der Waals surface area contributed by atoms with Gasteiger partial charge < -0.3 is 24.6 Å². The summed E-state index contributed by atoms with van der Waals surface area (Å²) in [7, 11) is 4.50. The van der Waals surface area contributed by atoms with Gasteiger partial charge in [-0.3, -0.25) is 4.79 Å². The molecule has 0 bridgehead atoms. The van der Waals surface area contributed by atoms with E-state index < -0.39 is 11.9 Å². The van der Waals surface area contributed by atoms with Gasteiger partial charge in [0, 0.05) is 29.3 Å². The maximum Gasteiger partial charge on any atom is 0.336 e. The average Bonchev–Trinajstić information content (AvgIpc) is 2.82. The molecule has 1 aliphatic heterocycles. The lowest BCUT2D eigenvalue weighted by atomic mass is 9.71. The lowest BCUT2D eigenvalue weighted by Gasteiger charge is -2.36. The monoisotopic (exact) mass is 449 g/mol. The van der Waals surface area contributed by atoms with E-state index in [2.05, 4.69) is 5.32 Å². The zero-order valence-corrected chi connectivity index (χ0v) is 19.1. The fourth-order valence-corrected chi connectivity index (χ4v) is 4.76. The highest BCUT2D eigenvalue weighted by atomic mass is 16.5. The molecule has 2 aromatic rings. The van der Waals surface area contributed by atoms with Crippen molar-refractivity contribution in [1.29, 1.82) is 0 Å².